The lowest BCUT2D eigenvalue weighted by Gasteiger charge is -2.34. The first-order chi connectivity index (χ1) is 18.2. The third-order valence-corrected chi connectivity index (χ3v) is 9.94. The standard InChI is InChI=1S/C27H30Cl2N2O5S2/c1-3-35-27(32)31-25-10-7-18-6-9-21(36-13-12-30-38(33,34)26-11-4-17(2)37-26)16-22(18)23(25)14-19-5-8-20(28)15-24(19)29/h4-6,8-9,11,15-16,23,25,30H,3,7,10,12-14H2,1-2H3,(H,31,32). The number of carbonyl (C=O) groups is 1. The summed E-state index contributed by atoms with van der Waals surface area (Å²) in [7, 11) is -3.57. The highest BCUT2D eigenvalue weighted by Crippen LogP contribution is 2.38. The minimum Gasteiger partial charge on any atom is -0.492 e. The molecule has 2 atom stereocenters. The van der Waals surface area contributed by atoms with E-state index in [0.29, 0.717) is 22.2 Å². The molecule has 204 valence electrons. The van der Waals surface area contributed by atoms with Gasteiger partial charge in [-0.25, -0.2) is 17.9 Å². The van der Waals surface area contributed by atoms with E-state index in [1.54, 1.807) is 31.2 Å². The van der Waals surface area contributed by atoms with E-state index in [2.05, 4.69) is 10.0 Å². The zero-order valence-electron chi connectivity index (χ0n) is 21.1. The number of fused-ring (bicyclic) bond motifs is 1. The Morgan fingerprint density at radius 3 is 2.66 bits per heavy atom. The maximum absolute atomic E-state index is 12.5. The van der Waals surface area contributed by atoms with Gasteiger partial charge in [-0.1, -0.05) is 35.3 Å². The Balaban J connectivity index is 1.50. The van der Waals surface area contributed by atoms with Crippen molar-refractivity contribution >= 4 is 50.7 Å². The van der Waals surface area contributed by atoms with Crippen LogP contribution in [-0.2, 0) is 27.6 Å². The summed E-state index contributed by atoms with van der Waals surface area (Å²) in [6.07, 6.45) is 1.68. The average Bonchev–Trinajstić information content (AvgIpc) is 3.32. The van der Waals surface area contributed by atoms with Gasteiger partial charge in [-0.15, -0.1) is 11.3 Å². The van der Waals surface area contributed by atoms with Crippen molar-refractivity contribution in [1.29, 1.82) is 0 Å². The van der Waals surface area contributed by atoms with Crippen LogP contribution >= 0.6 is 34.5 Å². The molecule has 2 N–H and O–H groups in total. The van der Waals surface area contributed by atoms with E-state index in [4.69, 9.17) is 32.7 Å². The van der Waals surface area contributed by atoms with Crippen LogP contribution in [0.15, 0.2) is 52.7 Å². The largest absolute Gasteiger partial charge is 0.492 e. The first-order valence-corrected chi connectivity index (χ1v) is 15.4. The van der Waals surface area contributed by atoms with Crippen LogP contribution in [0.1, 0.15) is 40.8 Å². The normalized spacial score (nSPS) is 17.1. The van der Waals surface area contributed by atoms with E-state index >= 15 is 0 Å². The molecule has 0 saturated carbocycles. The fourth-order valence-corrected chi connectivity index (χ4v) is 7.44. The molecular weight excluding hydrogens is 567 g/mol. The molecule has 1 aliphatic rings. The van der Waals surface area contributed by atoms with Crippen molar-refractivity contribution in [3.63, 3.8) is 0 Å². The number of amides is 1. The van der Waals surface area contributed by atoms with Crippen molar-refractivity contribution < 1.29 is 22.7 Å². The number of carbonyl (C=O) groups excluding carboxylic acids is 1. The van der Waals surface area contributed by atoms with Crippen LogP contribution in [0.4, 0.5) is 4.79 Å². The van der Waals surface area contributed by atoms with Gasteiger partial charge >= 0.3 is 6.09 Å². The zero-order valence-corrected chi connectivity index (χ0v) is 24.3. The van der Waals surface area contributed by atoms with Crippen LogP contribution in [0.5, 0.6) is 5.75 Å². The number of benzene rings is 2. The van der Waals surface area contributed by atoms with Crippen molar-refractivity contribution in [2.45, 2.75) is 49.3 Å². The number of halogens is 2. The summed E-state index contributed by atoms with van der Waals surface area (Å²) in [4.78, 5) is 13.2. The van der Waals surface area contributed by atoms with Gasteiger partial charge in [0, 0.05) is 33.4 Å². The molecule has 0 radical (unpaired) electrons. The van der Waals surface area contributed by atoms with Crippen molar-refractivity contribution in [2.75, 3.05) is 19.8 Å². The fourth-order valence-electron chi connectivity index (χ4n) is 4.61. The number of rotatable bonds is 10. The summed E-state index contributed by atoms with van der Waals surface area (Å²) < 4.78 is 38.9. The highest BCUT2D eigenvalue weighted by atomic mass is 35.5. The Morgan fingerprint density at radius 1 is 1.13 bits per heavy atom. The first kappa shape index (κ1) is 28.7. The summed E-state index contributed by atoms with van der Waals surface area (Å²) in [5.41, 5.74) is 3.15. The molecule has 7 nitrogen and oxygen atoms in total. The minimum absolute atomic E-state index is 0.0778. The Hall–Kier alpha value is -2.30. The van der Waals surface area contributed by atoms with Crippen molar-refractivity contribution in [3.8, 4) is 5.75 Å². The molecule has 11 heteroatoms. The first-order valence-electron chi connectivity index (χ1n) is 12.3. The minimum atomic E-state index is -3.57. The molecule has 1 amide bonds. The molecule has 4 rings (SSSR count). The van der Waals surface area contributed by atoms with E-state index < -0.39 is 16.1 Å². The molecule has 0 fully saturated rings. The van der Waals surface area contributed by atoms with Crippen molar-refractivity contribution in [2.24, 2.45) is 0 Å². The molecule has 1 aromatic heterocycles. The van der Waals surface area contributed by atoms with E-state index in [0.717, 1.165) is 28.8 Å². The van der Waals surface area contributed by atoms with E-state index in [-0.39, 0.29) is 35.9 Å². The molecule has 3 aromatic rings. The van der Waals surface area contributed by atoms with Crippen LogP contribution < -0.4 is 14.8 Å². The lowest BCUT2D eigenvalue weighted by atomic mass is 9.76. The number of nitrogens with one attached hydrogen (secondary N) is 2. The second-order valence-electron chi connectivity index (χ2n) is 9.03. The molecule has 2 unspecified atom stereocenters. The monoisotopic (exact) mass is 596 g/mol. The number of sulfonamides is 1. The Kier molecular flexibility index (Phi) is 9.59. The molecule has 0 spiro atoms. The molecule has 0 saturated heterocycles. The second kappa shape index (κ2) is 12.7. The third-order valence-electron chi connectivity index (χ3n) is 6.40. The number of thiophene rings is 1. The SMILES string of the molecule is CCOC(=O)NC1CCc2ccc(OCCNS(=O)(=O)c3ccc(C)s3)cc2C1Cc1ccc(Cl)cc1Cl. The van der Waals surface area contributed by atoms with E-state index in [1.807, 2.05) is 31.2 Å². The smallest absolute Gasteiger partial charge is 0.407 e. The van der Waals surface area contributed by atoms with Gasteiger partial charge in [0.15, 0.2) is 0 Å². The van der Waals surface area contributed by atoms with Crippen molar-refractivity contribution in [3.05, 3.63) is 80.1 Å². The van der Waals surface area contributed by atoms with Gasteiger partial charge in [0.1, 0.15) is 16.6 Å². The van der Waals surface area contributed by atoms with Crippen LogP contribution in [0.3, 0.4) is 0 Å². The maximum atomic E-state index is 12.5. The quantitative estimate of drug-likeness (QED) is 0.275. The van der Waals surface area contributed by atoms with Crippen molar-refractivity contribution in [1.82, 2.24) is 10.0 Å². The highest BCUT2D eigenvalue weighted by molar-refractivity contribution is 7.91. The lowest BCUT2D eigenvalue weighted by Crippen LogP contribution is -2.43. The van der Waals surface area contributed by atoms with Gasteiger partial charge in [-0.2, -0.15) is 0 Å². The Labute approximate surface area is 237 Å². The van der Waals surface area contributed by atoms with E-state index in [9.17, 15) is 13.2 Å². The second-order valence-corrected chi connectivity index (χ2v) is 13.2. The highest BCUT2D eigenvalue weighted by Gasteiger charge is 2.32. The summed E-state index contributed by atoms with van der Waals surface area (Å²) in [6.45, 7) is 4.22. The Bertz CT molecular complexity index is 1390. The summed E-state index contributed by atoms with van der Waals surface area (Å²) in [6, 6.07) is 14.5. The fraction of sp³-hybridized carbons (Fsp3) is 0.370. The number of hydrogen-bond donors (Lipinski definition) is 2. The Morgan fingerprint density at radius 2 is 1.95 bits per heavy atom. The van der Waals surface area contributed by atoms with Crippen LogP contribution in [0.25, 0.3) is 0 Å². The van der Waals surface area contributed by atoms with Gasteiger partial charge in [0.2, 0.25) is 10.0 Å². The summed E-state index contributed by atoms with van der Waals surface area (Å²) in [5, 5.41) is 4.15. The van der Waals surface area contributed by atoms with Gasteiger partial charge in [0.05, 0.1) is 6.61 Å². The van der Waals surface area contributed by atoms with Gasteiger partial charge in [0.25, 0.3) is 0 Å². The summed E-state index contributed by atoms with van der Waals surface area (Å²) >= 11 is 13.8. The predicted molar refractivity (Wildman–Crippen MR) is 151 cm³/mol. The molecule has 1 heterocycles. The average molecular weight is 598 g/mol. The van der Waals surface area contributed by atoms with Gasteiger partial charge in [-0.3, -0.25) is 0 Å². The topological polar surface area (TPSA) is 93.7 Å². The molecule has 2 aromatic carbocycles. The predicted octanol–water partition coefficient (Wildman–Crippen LogP) is 6.11. The summed E-state index contributed by atoms with van der Waals surface area (Å²) in [5.74, 6) is 0.546. The number of alkyl carbamates (subject to hydrolysis) is 1. The lowest BCUT2D eigenvalue weighted by molar-refractivity contribution is 0.144. The molecule has 38 heavy (non-hydrogen) atoms. The van der Waals surface area contributed by atoms with E-state index in [1.165, 1.54) is 16.9 Å². The number of ether oxygens (including phenoxy) is 2. The molecule has 1 aliphatic carbocycles. The van der Waals surface area contributed by atoms with Crippen LogP contribution in [0, 0.1) is 6.92 Å². The van der Waals surface area contributed by atoms with Gasteiger partial charge < -0.3 is 14.8 Å². The number of aryl methyl sites for hydroxylation is 2. The molecule has 0 aliphatic heterocycles. The van der Waals surface area contributed by atoms with Crippen LogP contribution in [0.2, 0.25) is 10.0 Å². The third kappa shape index (κ3) is 7.21. The van der Waals surface area contributed by atoms with Gasteiger partial charge in [-0.05, 0) is 86.2 Å². The maximum Gasteiger partial charge on any atom is 0.407 e. The number of hydrogen-bond acceptors (Lipinski definition) is 6. The van der Waals surface area contributed by atoms with Crippen LogP contribution in [-0.4, -0.2) is 40.3 Å². The zero-order chi connectivity index (χ0) is 27.3. The molecular formula is C27H30Cl2N2O5S2. The molecule has 0 bridgehead atoms.